The van der Waals surface area contributed by atoms with Crippen molar-refractivity contribution in [3.8, 4) is 5.75 Å². The molecular formula is C10H9F3O4. The zero-order chi connectivity index (χ0) is 13.2. The number of benzene rings is 1. The second-order valence-corrected chi connectivity index (χ2v) is 3.16. The van der Waals surface area contributed by atoms with E-state index in [1.807, 2.05) is 0 Å². The number of carboxylic acids is 1. The number of aliphatic hydroxyl groups is 1. The van der Waals surface area contributed by atoms with E-state index in [1.165, 1.54) is 0 Å². The fourth-order valence-corrected chi connectivity index (χ4v) is 1.37. The number of aliphatic carboxylic acids is 1. The molecule has 0 saturated heterocycles. The van der Waals surface area contributed by atoms with Crippen LogP contribution in [0.15, 0.2) is 12.1 Å². The molecule has 2 N–H and O–H groups in total. The van der Waals surface area contributed by atoms with Gasteiger partial charge in [0, 0.05) is 5.56 Å². The van der Waals surface area contributed by atoms with Gasteiger partial charge in [0.25, 0.3) is 6.43 Å². The molecule has 0 fully saturated rings. The summed E-state index contributed by atoms with van der Waals surface area (Å²) in [5.74, 6) is -3.29. The van der Waals surface area contributed by atoms with Crippen LogP contribution in [0.5, 0.6) is 5.75 Å². The Morgan fingerprint density at radius 3 is 2.29 bits per heavy atom. The summed E-state index contributed by atoms with van der Waals surface area (Å²) in [4.78, 5) is 10.5. The van der Waals surface area contributed by atoms with Gasteiger partial charge in [0.1, 0.15) is 11.6 Å². The molecule has 0 bridgehead atoms. The SMILES string of the molecule is COc1c(C(F)F)cc(F)cc1C(O)C(=O)O. The zero-order valence-electron chi connectivity index (χ0n) is 8.65. The van der Waals surface area contributed by atoms with E-state index in [1.54, 1.807) is 0 Å². The van der Waals surface area contributed by atoms with Gasteiger partial charge in [0.2, 0.25) is 0 Å². The first-order chi connectivity index (χ1) is 7.88. The van der Waals surface area contributed by atoms with Crippen LogP contribution in [0.2, 0.25) is 0 Å². The van der Waals surface area contributed by atoms with Crippen molar-refractivity contribution in [1.29, 1.82) is 0 Å². The summed E-state index contributed by atoms with van der Waals surface area (Å²) >= 11 is 0. The molecule has 0 aromatic heterocycles. The van der Waals surface area contributed by atoms with Crippen molar-refractivity contribution >= 4 is 5.97 Å². The Bertz CT molecular complexity index is 434. The molecule has 94 valence electrons. The number of alkyl halides is 2. The number of carbonyl (C=O) groups is 1. The standard InChI is InChI=1S/C10H9F3O4/c1-17-8-5(7(14)10(15)16)2-4(11)3-6(8)9(12)13/h2-3,7,9,14H,1H3,(H,15,16). The first-order valence-corrected chi connectivity index (χ1v) is 4.44. The van der Waals surface area contributed by atoms with Gasteiger partial charge in [-0.05, 0) is 12.1 Å². The zero-order valence-corrected chi connectivity index (χ0v) is 8.65. The number of rotatable bonds is 4. The maximum Gasteiger partial charge on any atom is 0.337 e. The smallest absolute Gasteiger partial charge is 0.337 e. The van der Waals surface area contributed by atoms with Gasteiger partial charge in [0.05, 0.1) is 12.7 Å². The largest absolute Gasteiger partial charge is 0.496 e. The van der Waals surface area contributed by atoms with Crippen LogP contribution < -0.4 is 4.74 Å². The predicted molar refractivity (Wildman–Crippen MR) is 50.5 cm³/mol. The topological polar surface area (TPSA) is 66.8 Å². The van der Waals surface area contributed by atoms with E-state index in [4.69, 9.17) is 5.11 Å². The Morgan fingerprint density at radius 2 is 1.88 bits per heavy atom. The van der Waals surface area contributed by atoms with Gasteiger partial charge in [-0.3, -0.25) is 0 Å². The fourth-order valence-electron chi connectivity index (χ4n) is 1.37. The maximum atomic E-state index is 13.0. The molecule has 0 aliphatic rings. The summed E-state index contributed by atoms with van der Waals surface area (Å²) in [5.41, 5.74) is -1.35. The van der Waals surface area contributed by atoms with Crippen LogP contribution in [0.3, 0.4) is 0 Å². The summed E-state index contributed by atoms with van der Waals surface area (Å²) < 4.78 is 42.8. The van der Waals surface area contributed by atoms with Crippen LogP contribution in [-0.4, -0.2) is 23.3 Å². The number of hydrogen-bond acceptors (Lipinski definition) is 3. The molecule has 0 heterocycles. The lowest BCUT2D eigenvalue weighted by Gasteiger charge is -2.15. The molecule has 0 spiro atoms. The minimum Gasteiger partial charge on any atom is -0.496 e. The molecule has 17 heavy (non-hydrogen) atoms. The molecule has 1 rings (SSSR count). The molecule has 0 amide bonds. The summed E-state index contributed by atoms with van der Waals surface area (Å²) in [6.45, 7) is 0. The van der Waals surface area contributed by atoms with Gasteiger partial charge in [-0.15, -0.1) is 0 Å². The third-order valence-corrected chi connectivity index (χ3v) is 2.08. The van der Waals surface area contributed by atoms with Crippen LogP contribution >= 0.6 is 0 Å². The lowest BCUT2D eigenvalue weighted by Crippen LogP contribution is -2.13. The minimum atomic E-state index is -3.04. The quantitative estimate of drug-likeness (QED) is 0.856. The molecule has 1 aromatic rings. The van der Waals surface area contributed by atoms with Crippen LogP contribution in [0, 0.1) is 5.82 Å². The average molecular weight is 250 g/mol. The molecule has 0 saturated carbocycles. The van der Waals surface area contributed by atoms with Gasteiger partial charge in [0.15, 0.2) is 6.10 Å². The van der Waals surface area contributed by atoms with Gasteiger partial charge < -0.3 is 14.9 Å². The van der Waals surface area contributed by atoms with E-state index in [-0.39, 0.29) is 0 Å². The lowest BCUT2D eigenvalue weighted by molar-refractivity contribution is -0.147. The molecule has 4 nitrogen and oxygen atoms in total. The monoisotopic (exact) mass is 250 g/mol. The molecule has 0 aliphatic heterocycles. The van der Waals surface area contributed by atoms with E-state index in [9.17, 15) is 23.1 Å². The highest BCUT2D eigenvalue weighted by Crippen LogP contribution is 2.36. The second-order valence-electron chi connectivity index (χ2n) is 3.16. The fraction of sp³-hybridized carbons (Fsp3) is 0.300. The maximum absolute atomic E-state index is 13.0. The minimum absolute atomic E-state index is 0.529. The molecule has 1 aromatic carbocycles. The van der Waals surface area contributed by atoms with Crippen molar-refractivity contribution in [2.24, 2.45) is 0 Å². The Balaban J connectivity index is 3.43. The number of halogens is 3. The van der Waals surface area contributed by atoms with Crippen molar-refractivity contribution in [1.82, 2.24) is 0 Å². The number of carboxylic acid groups (broad SMARTS) is 1. The number of methoxy groups -OCH3 is 1. The van der Waals surface area contributed by atoms with E-state index >= 15 is 0 Å². The third kappa shape index (κ3) is 2.68. The van der Waals surface area contributed by atoms with Crippen LogP contribution in [0.4, 0.5) is 13.2 Å². The number of hydrogen-bond donors (Lipinski definition) is 2. The van der Waals surface area contributed by atoms with E-state index in [0.29, 0.717) is 12.1 Å². The highest BCUT2D eigenvalue weighted by Gasteiger charge is 2.26. The van der Waals surface area contributed by atoms with E-state index in [2.05, 4.69) is 4.74 Å². The molecule has 0 aliphatic carbocycles. The highest BCUT2D eigenvalue weighted by atomic mass is 19.3. The van der Waals surface area contributed by atoms with E-state index in [0.717, 1.165) is 7.11 Å². The lowest BCUT2D eigenvalue weighted by atomic mass is 10.0. The van der Waals surface area contributed by atoms with Crippen molar-refractivity contribution < 1.29 is 32.9 Å². The van der Waals surface area contributed by atoms with Crippen molar-refractivity contribution in [2.45, 2.75) is 12.5 Å². The van der Waals surface area contributed by atoms with E-state index < -0.39 is 41.2 Å². The molecule has 1 atom stereocenters. The van der Waals surface area contributed by atoms with Crippen LogP contribution in [0.25, 0.3) is 0 Å². The predicted octanol–water partition coefficient (Wildman–Crippen LogP) is 1.89. The van der Waals surface area contributed by atoms with Crippen LogP contribution in [-0.2, 0) is 4.79 Å². The van der Waals surface area contributed by atoms with Crippen molar-refractivity contribution in [3.63, 3.8) is 0 Å². The molecule has 7 heteroatoms. The molecule has 1 unspecified atom stereocenters. The van der Waals surface area contributed by atoms with Crippen molar-refractivity contribution in [3.05, 3.63) is 29.1 Å². The normalized spacial score (nSPS) is 12.6. The average Bonchev–Trinajstić information content (AvgIpc) is 2.26. The number of ether oxygens (including phenoxy) is 1. The Hall–Kier alpha value is -1.76. The Morgan fingerprint density at radius 1 is 1.35 bits per heavy atom. The van der Waals surface area contributed by atoms with Gasteiger partial charge in [-0.1, -0.05) is 0 Å². The second kappa shape index (κ2) is 5.05. The van der Waals surface area contributed by atoms with Gasteiger partial charge in [-0.2, -0.15) is 0 Å². The Labute approximate surface area is 94.3 Å². The summed E-state index contributed by atoms with van der Waals surface area (Å²) in [5, 5.41) is 17.8. The summed E-state index contributed by atoms with van der Waals surface area (Å²) in [6, 6.07) is 1.17. The van der Waals surface area contributed by atoms with Crippen molar-refractivity contribution in [2.75, 3.05) is 7.11 Å². The third-order valence-electron chi connectivity index (χ3n) is 2.08. The Kier molecular flexibility index (Phi) is 3.95. The molecule has 0 radical (unpaired) electrons. The first kappa shape index (κ1) is 13.3. The first-order valence-electron chi connectivity index (χ1n) is 4.44. The van der Waals surface area contributed by atoms with Gasteiger partial charge in [-0.25, -0.2) is 18.0 Å². The van der Waals surface area contributed by atoms with Crippen LogP contribution in [0.1, 0.15) is 23.7 Å². The molecular weight excluding hydrogens is 241 g/mol. The number of aliphatic hydroxyl groups excluding tert-OH is 1. The summed E-state index contributed by atoms with van der Waals surface area (Å²) in [6.07, 6.45) is -5.17. The highest BCUT2D eigenvalue weighted by molar-refractivity contribution is 5.75. The van der Waals surface area contributed by atoms with Gasteiger partial charge >= 0.3 is 5.97 Å². The summed E-state index contributed by atoms with van der Waals surface area (Å²) in [7, 11) is 1.02.